The van der Waals surface area contributed by atoms with Gasteiger partial charge >= 0.3 is 0 Å². The fourth-order valence-electron chi connectivity index (χ4n) is 3.56. The van der Waals surface area contributed by atoms with E-state index >= 15 is 0 Å². The predicted molar refractivity (Wildman–Crippen MR) is 79.9 cm³/mol. The number of hydrogen-bond acceptors (Lipinski definition) is 0. The molecule has 2 aliphatic rings. The van der Waals surface area contributed by atoms with E-state index in [9.17, 15) is 0 Å². The SMILES string of the molecule is CC[C@@H]1CCCP1CCP1CCC[C@H]1CC. The molecule has 0 aliphatic carbocycles. The maximum Gasteiger partial charge on any atom is -0.0212 e. The summed E-state index contributed by atoms with van der Waals surface area (Å²) in [6.45, 7) is 4.84. The van der Waals surface area contributed by atoms with E-state index in [1.165, 1.54) is 12.8 Å². The highest BCUT2D eigenvalue weighted by Gasteiger charge is 2.29. The van der Waals surface area contributed by atoms with E-state index in [4.69, 9.17) is 0 Å². The average Bonchev–Trinajstić information content (AvgIpc) is 2.94. The van der Waals surface area contributed by atoms with Crippen molar-refractivity contribution in [3.05, 3.63) is 0 Å². The molecule has 4 atom stereocenters. The minimum atomic E-state index is 0.467. The van der Waals surface area contributed by atoms with E-state index in [1.807, 2.05) is 0 Å². The molecule has 0 N–H and O–H groups in total. The molecule has 2 fully saturated rings. The Kier molecular flexibility index (Phi) is 5.57. The van der Waals surface area contributed by atoms with Crippen molar-refractivity contribution >= 4 is 15.8 Å². The van der Waals surface area contributed by atoms with E-state index in [-0.39, 0.29) is 0 Å². The van der Waals surface area contributed by atoms with Crippen molar-refractivity contribution in [1.82, 2.24) is 0 Å². The van der Waals surface area contributed by atoms with Crippen LogP contribution in [0.15, 0.2) is 0 Å². The molecule has 0 nitrogen and oxygen atoms in total. The molecular formula is C14H28P2. The first-order chi connectivity index (χ1) is 7.85. The molecule has 2 rings (SSSR count). The number of hydrogen-bond donors (Lipinski definition) is 0. The van der Waals surface area contributed by atoms with Gasteiger partial charge in [0.15, 0.2) is 0 Å². The zero-order valence-electron chi connectivity index (χ0n) is 11.1. The van der Waals surface area contributed by atoms with Crippen molar-refractivity contribution in [2.75, 3.05) is 24.6 Å². The number of rotatable bonds is 5. The van der Waals surface area contributed by atoms with Crippen LogP contribution in [0.25, 0.3) is 0 Å². The Morgan fingerprint density at radius 3 is 1.62 bits per heavy atom. The Morgan fingerprint density at radius 1 is 0.812 bits per heavy atom. The topological polar surface area (TPSA) is 0 Å². The van der Waals surface area contributed by atoms with Crippen LogP contribution < -0.4 is 0 Å². The Bertz CT molecular complexity index is 183. The van der Waals surface area contributed by atoms with Crippen LogP contribution in [-0.2, 0) is 0 Å². The van der Waals surface area contributed by atoms with E-state index < -0.39 is 0 Å². The molecule has 0 aromatic heterocycles. The lowest BCUT2D eigenvalue weighted by Crippen LogP contribution is -2.06. The van der Waals surface area contributed by atoms with Gasteiger partial charge in [0.2, 0.25) is 0 Å². The third kappa shape index (κ3) is 3.20. The second-order valence-corrected chi connectivity index (χ2v) is 11.1. The summed E-state index contributed by atoms with van der Waals surface area (Å²) in [6, 6.07) is 0. The van der Waals surface area contributed by atoms with Crippen molar-refractivity contribution in [2.24, 2.45) is 0 Å². The third-order valence-electron chi connectivity index (χ3n) is 4.62. The van der Waals surface area contributed by atoms with E-state index in [0.29, 0.717) is 15.8 Å². The van der Waals surface area contributed by atoms with Gasteiger partial charge in [0.05, 0.1) is 0 Å². The van der Waals surface area contributed by atoms with Crippen LogP contribution in [0.4, 0.5) is 0 Å². The minimum Gasteiger partial charge on any atom is -0.103 e. The molecule has 0 aromatic carbocycles. The van der Waals surface area contributed by atoms with Crippen LogP contribution in [0.5, 0.6) is 0 Å². The van der Waals surface area contributed by atoms with Gasteiger partial charge in [-0.3, -0.25) is 0 Å². The highest BCUT2D eigenvalue weighted by molar-refractivity contribution is 7.62. The normalized spacial score (nSPS) is 39.4. The predicted octanol–water partition coefficient (Wildman–Crippen LogP) is 5.10. The minimum absolute atomic E-state index is 0.467. The van der Waals surface area contributed by atoms with Crippen LogP contribution in [0.2, 0.25) is 0 Å². The first-order valence-electron chi connectivity index (χ1n) is 7.33. The second kappa shape index (κ2) is 6.70. The van der Waals surface area contributed by atoms with Crippen LogP contribution in [0.1, 0.15) is 52.4 Å². The maximum atomic E-state index is 2.42. The first-order valence-corrected chi connectivity index (χ1v) is 10.9. The summed E-state index contributed by atoms with van der Waals surface area (Å²) in [6.07, 6.45) is 15.7. The van der Waals surface area contributed by atoms with Gasteiger partial charge in [0.1, 0.15) is 0 Å². The monoisotopic (exact) mass is 258 g/mol. The van der Waals surface area contributed by atoms with Crippen LogP contribution in [0.3, 0.4) is 0 Å². The first kappa shape index (κ1) is 13.3. The summed E-state index contributed by atoms with van der Waals surface area (Å²) >= 11 is 0. The molecule has 0 amide bonds. The molecule has 0 bridgehead atoms. The van der Waals surface area contributed by atoms with E-state index in [2.05, 4.69) is 13.8 Å². The van der Waals surface area contributed by atoms with Gasteiger partial charge in [-0.05, 0) is 74.5 Å². The Balaban J connectivity index is 1.74. The Labute approximate surface area is 104 Å². The summed E-state index contributed by atoms with van der Waals surface area (Å²) in [5.74, 6) is 0. The van der Waals surface area contributed by atoms with Crippen molar-refractivity contribution in [1.29, 1.82) is 0 Å². The van der Waals surface area contributed by atoms with E-state index in [0.717, 1.165) is 11.3 Å². The summed E-state index contributed by atoms with van der Waals surface area (Å²) < 4.78 is 0. The molecule has 0 spiro atoms. The second-order valence-electron chi connectivity index (χ2n) is 5.48. The molecule has 2 aliphatic heterocycles. The highest BCUT2D eigenvalue weighted by Crippen LogP contribution is 2.57. The fraction of sp³-hybridized carbons (Fsp3) is 1.00. The third-order valence-corrected chi connectivity index (χ3v) is 11.7. The molecule has 2 saturated heterocycles. The Morgan fingerprint density at radius 2 is 1.25 bits per heavy atom. The summed E-state index contributed by atoms with van der Waals surface area (Å²) in [5, 5.41) is 0. The molecule has 94 valence electrons. The lowest BCUT2D eigenvalue weighted by atomic mass is 10.2. The van der Waals surface area contributed by atoms with E-state index in [1.54, 1.807) is 50.3 Å². The van der Waals surface area contributed by atoms with Crippen molar-refractivity contribution in [3.8, 4) is 0 Å². The highest BCUT2D eigenvalue weighted by atomic mass is 31.1. The smallest absolute Gasteiger partial charge is 0.0212 e. The average molecular weight is 258 g/mol. The zero-order valence-corrected chi connectivity index (χ0v) is 12.9. The lowest BCUT2D eigenvalue weighted by Gasteiger charge is -2.24. The van der Waals surface area contributed by atoms with Crippen molar-refractivity contribution < 1.29 is 0 Å². The summed E-state index contributed by atoms with van der Waals surface area (Å²) in [5.41, 5.74) is 2.32. The zero-order chi connectivity index (χ0) is 11.4. The van der Waals surface area contributed by atoms with Crippen LogP contribution in [-0.4, -0.2) is 36.0 Å². The largest absolute Gasteiger partial charge is 0.103 e. The molecule has 0 radical (unpaired) electrons. The molecule has 16 heavy (non-hydrogen) atoms. The standard InChI is InChI=1S/C14H28P2/c1-3-13-7-5-9-15(13)11-12-16-10-6-8-14(16)4-2/h13-14H,3-12H2,1-2H3/t13-,14-,15?,16?/m1/s1. The molecular weight excluding hydrogens is 230 g/mol. The van der Waals surface area contributed by atoms with Crippen LogP contribution in [0, 0.1) is 0 Å². The van der Waals surface area contributed by atoms with Gasteiger partial charge in [-0.25, -0.2) is 0 Å². The van der Waals surface area contributed by atoms with Crippen LogP contribution >= 0.6 is 15.8 Å². The maximum absolute atomic E-state index is 2.42. The van der Waals surface area contributed by atoms with Gasteiger partial charge in [0, 0.05) is 0 Å². The fourth-order valence-corrected chi connectivity index (χ4v) is 10.8. The van der Waals surface area contributed by atoms with Gasteiger partial charge in [-0.1, -0.05) is 13.8 Å². The summed E-state index contributed by atoms with van der Waals surface area (Å²) in [4.78, 5) is 0. The van der Waals surface area contributed by atoms with Crippen molar-refractivity contribution in [2.45, 2.75) is 63.7 Å². The lowest BCUT2D eigenvalue weighted by molar-refractivity contribution is 0.754. The van der Waals surface area contributed by atoms with Gasteiger partial charge < -0.3 is 0 Å². The molecule has 2 heterocycles. The summed E-state index contributed by atoms with van der Waals surface area (Å²) in [7, 11) is 0.935. The molecule has 2 heteroatoms. The van der Waals surface area contributed by atoms with Crippen molar-refractivity contribution in [3.63, 3.8) is 0 Å². The van der Waals surface area contributed by atoms with Gasteiger partial charge in [-0.2, -0.15) is 0 Å². The molecule has 2 unspecified atom stereocenters. The quantitative estimate of drug-likeness (QED) is 0.602. The molecule has 0 aromatic rings. The Hall–Kier alpha value is 0.860. The van der Waals surface area contributed by atoms with Gasteiger partial charge in [0.25, 0.3) is 0 Å². The molecule has 0 saturated carbocycles. The van der Waals surface area contributed by atoms with Gasteiger partial charge in [-0.15, -0.1) is 15.8 Å².